The van der Waals surface area contributed by atoms with Crippen molar-refractivity contribution in [2.45, 2.75) is 6.42 Å². The smallest absolute Gasteiger partial charge is 0.302 e. The van der Waals surface area contributed by atoms with Crippen molar-refractivity contribution in [3.05, 3.63) is 18.5 Å². The fourth-order valence-electron chi connectivity index (χ4n) is 2.63. The van der Waals surface area contributed by atoms with Crippen molar-refractivity contribution >= 4 is 38.5 Å². The van der Waals surface area contributed by atoms with Gasteiger partial charge in [0.1, 0.15) is 0 Å². The minimum absolute atomic E-state index is 0.0127. The highest BCUT2D eigenvalue weighted by Crippen LogP contribution is 2.32. The number of aromatic amines is 1. The van der Waals surface area contributed by atoms with E-state index in [2.05, 4.69) is 9.97 Å². The number of carbonyl (C=O) groups is 1. The van der Waals surface area contributed by atoms with E-state index in [0.717, 1.165) is 5.52 Å². The first kappa shape index (κ1) is 13.8. The van der Waals surface area contributed by atoms with Gasteiger partial charge >= 0.3 is 10.2 Å². The Labute approximate surface area is 120 Å². The minimum Gasteiger partial charge on any atom is -0.397 e. The summed E-state index contributed by atoms with van der Waals surface area (Å²) in [4.78, 5) is 20.4. The van der Waals surface area contributed by atoms with E-state index in [0.29, 0.717) is 16.9 Å². The molecule has 1 aromatic carbocycles. The molecular formula is C12H13FN4O3S. The molecule has 21 heavy (non-hydrogen) atoms. The molecule has 0 saturated carbocycles. The first-order chi connectivity index (χ1) is 9.83. The van der Waals surface area contributed by atoms with Crippen LogP contribution in [0.25, 0.3) is 11.0 Å². The van der Waals surface area contributed by atoms with Crippen molar-refractivity contribution in [1.29, 1.82) is 0 Å². The van der Waals surface area contributed by atoms with Crippen molar-refractivity contribution in [3.63, 3.8) is 0 Å². The van der Waals surface area contributed by atoms with E-state index in [1.54, 1.807) is 12.1 Å². The van der Waals surface area contributed by atoms with Crippen LogP contribution in [0.5, 0.6) is 0 Å². The summed E-state index contributed by atoms with van der Waals surface area (Å²) in [6.07, 6.45) is 1.50. The number of imidazole rings is 1. The Morgan fingerprint density at radius 2 is 2.24 bits per heavy atom. The Morgan fingerprint density at radius 1 is 1.48 bits per heavy atom. The Morgan fingerprint density at radius 3 is 2.95 bits per heavy atom. The highest BCUT2D eigenvalue weighted by Gasteiger charge is 2.34. The molecule has 7 nitrogen and oxygen atoms in total. The number of aromatic nitrogens is 2. The Kier molecular flexibility index (Phi) is 3.08. The zero-order chi connectivity index (χ0) is 15.2. The summed E-state index contributed by atoms with van der Waals surface area (Å²) in [6, 6.07) is 3.32. The SMILES string of the molecule is Nc1cc2[nH]cnc2cc1N1CC(CS(=O)(=O)F)CC1=O. The van der Waals surface area contributed by atoms with Crippen molar-refractivity contribution in [2.75, 3.05) is 22.9 Å². The summed E-state index contributed by atoms with van der Waals surface area (Å²) in [6.45, 7) is 0.127. The highest BCUT2D eigenvalue weighted by atomic mass is 32.3. The van der Waals surface area contributed by atoms with Crippen LogP contribution < -0.4 is 10.6 Å². The van der Waals surface area contributed by atoms with Crippen LogP contribution in [0.1, 0.15) is 6.42 Å². The van der Waals surface area contributed by atoms with Gasteiger partial charge < -0.3 is 15.6 Å². The fourth-order valence-corrected chi connectivity index (χ4v) is 3.42. The number of nitrogens with two attached hydrogens (primary N) is 1. The number of amides is 1. The van der Waals surface area contributed by atoms with Crippen molar-refractivity contribution in [3.8, 4) is 0 Å². The summed E-state index contributed by atoms with van der Waals surface area (Å²) in [5, 5.41) is 0. The van der Waals surface area contributed by atoms with Crippen molar-refractivity contribution < 1.29 is 17.1 Å². The van der Waals surface area contributed by atoms with Crippen LogP contribution in [-0.4, -0.2) is 36.6 Å². The van der Waals surface area contributed by atoms with E-state index in [1.807, 2.05) is 0 Å². The van der Waals surface area contributed by atoms with Crippen LogP contribution in [0, 0.1) is 5.92 Å². The maximum Gasteiger partial charge on any atom is 0.302 e. The number of hydrogen-bond acceptors (Lipinski definition) is 5. The number of benzene rings is 1. The van der Waals surface area contributed by atoms with E-state index in [-0.39, 0.29) is 18.9 Å². The van der Waals surface area contributed by atoms with Gasteiger partial charge in [0, 0.05) is 18.9 Å². The van der Waals surface area contributed by atoms with Crippen LogP contribution >= 0.6 is 0 Å². The molecule has 3 N–H and O–H groups in total. The molecule has 1 saturated heterocycles. The fraction of sp³-hybridized carbons (Fsp3) is 0.333. The number of H-pyrrole nitrogens is 1. The molecule has 1 aromatic heterocycles. The van der Waals surface area contributed by atoms with E-state index in [1.165, 1.54) is 11.2 Å². The standard InChI is InChI=1S/C12H13FN4O3S/c13-21(19,20)5-7-1-12(18)17(4-7)11-3-10-9(2-8(11)14)15-6-16-10/h2-3,6-7H,1,4-5,14H2,(H,15,16). The van der Waals surface area contributed by atoms with E-state index in [4.69, 9.17) is 5.73 Å². The molecule has 1 aliphatic heterocycles. The number of nitrogens with one attached hydrogen (secondary N) is 1. The largest absolute Gasteiger partial charge is 0.397 e. The Balaban J connectivity index is 1.91. The van der Waals surface area contributed by atoms with Gasteiger partial charge in [0.05, 0.1) is 34.5 Å². The van der Waals surface area contributed by atoms with Gasteiger partial charge in [-0.2, -0.15) is 8.42 Å². The maximum atomic E-state index is 12.7. The predicted octanol–water partition coefficient (Wildman–Crippen LogP) is 0.797. The van der Waals surface area contributed by atoms with Gasteiger partial charge in [0.15, 0.2) is 0 Å². The van der Waals surface area contributed by atoms with Crippen LogP contribution in [0.15, 0.2) is 18.5 Å². The molecule has 1 unspecified atom stereocenters. The monoisotopic (exact) mass is 312 g/mol. The van der Waals surface area contributed by atoms with Crippen LogP contribution in [0.4, 0.5) is 15.3 Å². The second-order valence-corrected chi connectivity index (χ2v) is 6.52. The second-order valence-electron chi connectivity index (χ2n) is 5.11. The molecule has 1 atom stereocenters. The summed E-state index contributed by atoms with van der Waals surface area (Å²) in [5.41, 5.74) is 8.16. The molecule has 0 aliphatic carbocycles. The molecule has 0 bridgehead atoms. The highest BCUT2D eigenvalue weighted by molar-refractivity contribution is 7.86. The lowest BCUT2D eigenvalue weighted by molar-refractivity contribution is -0.117. The number of fused-ring (bicyclic) bond motifs is 1. The van der Waals surface area contributed by atoms with Gasteiger partial charge in [-0.05, 0) is 12.1 Å². The van der Waals surface area contributed by atoms with Gasteiger partial charge in [-0.15, -0.1) is 3.89 Å². The number of nitrogens with zero attached hydrogens (tertiary/aromatic N) is 2. The van der Waals surface area contributed by atoms with Gasteiger partial charge in [-0.25, -0.2) is 4.98 Å². The number of carbonyl (C=O) groups excluding carboxylic acids is 1. The summed E-state index contributed by atoms with van der Waals surface area (Å²) in [7, 11) is -4.60. The quantitative estimate of drug-likeness (QED) is 0.643. The Bertz CT molecular complexity index is 817. The average Bonchev–Trinajstić information content (AvgIpc) is 2.92. The number of halogens is 1. The topological polar surface area (TPSA) is 109 Å². The van der Waals surface area contributed by atoms with Gasteiger partial charge in [0.25, 0.3) is 0 Å². The summed E-state index contributed by atoms with van der Waals surface area (Å²) < 4.78 is 34.2. The molecular weight excluding hydrogens is 299 g/mol. The van der Waals surface area contributed by atoms with Gasteiger partial charge in [0.2, 0.25) is 5.91 Å². The summed E-state index contributed by atoms with van der Waals surface area (Å²) in [5.74, 6) is -1.49. The lowest BCUT2D eigenvalue weighted by atomic mass is 10.1. The third-order valence-electron chi connectivity index (χ3n) is 3.50. The summed E-state index contributed by atoms with van der Waals surface area (Å²) >= 11 is 0. The van der Waals surface area contributed by atoms with Gasteiger partial charge in [-0.3, -0.25) is 4.79 Å². The zero-order valence-corrected chi connectivity index (χ0v) is 11.7. The van der Waals surface area contributed by atoms with Crippen LogP contribution in [0.2, 0.25) is 0 Å². The molecule has 9 heteroatoms. The lowest BCUT2D eigenvalue weighted by Crippen LogP contribution is -2.26. The van der Waals surface area contributed by atoms with Crippen LogP contribution in [0.3, 0.4) is 0 Å². The average molecular weight is 312 g/mol. The number of nitrogen functional groups attached to an aromatic ring is 1. The molecule has 3 rings (SSSR count). The van der Waals surface area contributed by atoms with Crippen molar-refractivity contribution in [1.82, 2.24) is 9.97 Å². The maximum absolute atomic E-state index is 12.7. The predicted molar refractivity (Wildman–Crippen MR) is 75.9 cm³/mol. The number of anilines is 2. The molecule has 1 amide bonds. The second kappa shape index (κ2) is 4.69. The molecule has 2 heterocycles. The zero-order valence-electron chi connectivity index (χ0n) is 10.9. The lowest BCUT2D eigenvalue weighted by Gasteiger charge is -2.18. The van der Waals surface area contributed by atoms with E-state index >= 15 is 0 Å². The number of rotatable bonds is 3. The first-order valence-electron chi connectivity index (χ1n) is 6.29. The van der Waals surface area contributed by atoms with E-state index in [9.17, 15) is 17.1 Å². The number of hydrogen-bond donors (Lipinski definition) is 2. The van der Waals surface area contributed by atoms with E-state index < -0.39 is 21.9 Å². The first-order valence-corrected chi connectivity index (χ1v) is 7.84. The normalized spacial score (nSPS) is 19.6. The van der Waals surface area contributed by atoms with Crippen LogP contribution in [-0.2, 0) is 15.0 Å². The molecule has 112 valence electrons. The van der Waals surface area contributed by atoms with Gasteiger partial charge in [-0.1, -0.05) is 0 Å². The molecule has 0 radical (unpaired) electrons. The molecule has 2 aromatic rings. The minimum atomic E-state index is -4.60. The van der Waals surface area contributed by atoms with Crippen molar-refractivity contribution in [2.24, 2.45) is 5.92 Å². The molecule has 1 fully saturated rings. The third-order valence-corrected chi connectivity index (χ3v) is 4.37. The third kappa shape index (κ3) is 2.68. The Hall–Kier alpha value is -2.16. The molecule has 0 spiro atoms. The molecule has 1 aliphatic rings.